The first-order chi connectivity index (χ1) is 11.6. The van der Waals surface area contributed by atoms with Crippen molar-refractivity contribution in [3.05, 3.63) is 39.9 Å². The first kappa shape index (κ1) is 17.2. The molecular formula is C16H20ClN5OS. The predicted octanol–water partition coefficient (Wildman–Crippen LogP) is 3.50. The van der Waals surface area contributed by atoms with E-state index in [1.54, 1.807) is 18.2 Å². The monoisotopic (exact) mass is 365 g/mol. The van der Waals surface area contributed by atoms with Gasteiger partial charge >= 0.3 is 6.03 Å². The van der Waals surface area contributed by atoms with Crippen LogP contribution in [0.4, 0.5) is 15.6 Å². The number of anilines is 2. The second-order valence-corrected chi connectivity index (χ2v) is 6.98. The van der Waals surface area contributed by atoms with Crippen molar-refractivity contribution in [3.63, 3.8) is 0 Å². The Morgan fingerprint density at radius 1 is 1.33 bits per heavy atom. The minimum atomic E-state index is -0.339. The molecule has 0 radical (unpaired) electrons. The Morgan fingerprint density at radius 2 is 2.12 bits per heavy atom. The molecule has 4 N–H and O–H groups in total. The number of aromatic nitrogens is 1. The molecule has 24 heavy (non-hydrogen) atoms. The first-order valence-corrected chi connectivity index (χ1v) is 9.13. The maximum atomic E-state index is 12.1. The van der Waals surface area contributed by atoms with Crippen molar-refractivity contribution in [1.82, 2.24) is 9.88 Å². The lowest BCUT2D eigenvalue weighted by atomic mass is 10.2. The molecule has 6 nitrogen and oxygen atoms in total. The van der Waals surface area contributed by atoms with E-state index < -0.39 is 0 Å². The van der Waals surface area contributed by atoms with E-state index in [0.717, 1.165) is 30.9 Å². The van der Waals surface area contributed by atoms with E-state index in [1.807, 2.05) is 5.38 Å². The molecule has 1 aromatic carbocycles. The molecule has 8 heteroatoms. The van der Waals surface area contributed by atoms with E-state index in [9.17, 15) is 4.79 Å². The van der Waals surface area contributed by atoms with Gasteiger partial charge in [0.25, 0.3) is 0 Å². The lowest BCUT2D eigenvalue weighted by Crippen LogP contribution is -2.20. The minimum absolute atomic E-state index is 0.339. The number of amides is 2. The van der Waals surface area contributed by atoms with Crippen LogP contribution in [0.3, 0.4) is 0 Å². The summed E-state index contributed by atoms with van der Waals surface area (Å²) < 4.78 is 0. The van der Waals surface area contributed by atoms with Crippen LogP contribution in [0.15, 0.2) is 23.6 Å². The molecule has 2 aromatic rings. The topological polar surface area (TPSA) is 83.3 Å². The van der Waals surface area contributed by atoms with Crippen LogP contribution in [0.1, 0.15) is 24.1 Å². The lowest BCUT2D eigenvalue weighted by Gasteiger charge is -2.11. The molecule has 1 aliphatic rings. The Labute approximate surface area is 150 Å². The number of halogens is 1. The summed E-state index contributed by atoms with van der Waals surface area (Å²) in [5, 5.41) is 8.62. The standard InChI is InChI=1S/C16H20ClN5OS/c17-14-7-12(4-3-11(14)8-18)19-15(23)21-16-20-13(10-24-16)9-22-5-1-2-6-22/h3-4,7,10H,1-2,5-6,8-9,18H2,(H2,19,20,21,23). The smallest absolute Gasteiger partial charge is 0.325 e. The van der Waals surface area contributed by atoms with Crippen LogP contribution in [-0.2, 0) is 13.1 Å². The molecule has 1 aliphatic heterocycles. The number of nitrogens with zero attached hydrogens (tertiary/aromatic N) is 2. The molecular weight excluding hydrogens is 346 g/mol. The molecule has 0 spiro atoms. The summed E-state index contributed by atoms with van der Waals surface area (Å²) in [7, 11) is 0. The van der Waals surface area contributed by atoms with Crippen LogP contribution in [0.2, 0.25) is 5.02 Å². The van der Waals surface area contributed by atoms with Gasteiger partial charge in [-0.1, -0.05) is 17.7 Å². The maximum absolute atomic E-state index is 12.1. The SMILES string of the molecule is NCc1ccc(NC(=O)Nc2nc(CN3CCCC3)cs2)cc1Cl. The molecule has 0 saturated carbocycles. The number of nitrogens with one attached hydrogen (secondary N) is 2. The number of likely N-dealkylation sites (tertiary alicyclic amines) is 1. The molecule has 1 fully saturated rings. The molecule has 2 amide bonds. The summed E-state index contributed by atoms with van der Waals surface area (Å²) in [6.45, 7) is 3.46. The number of hydrogen-bond acceptors (Lipinski definition) is 5. The van der Waals surface area contributed by atoms with Gasteiger partial charge in [-0.05, 0) is 43.6 Å². The zero-order valence-electron chi connectivity index (χ0n) is 13.2. The summed E-state index contributed by atoms with van der Waals surface area (Å²) in [6, 6.07) is 4.92. The highest BCUT2D eigenvalue weighted by Crippen LogP contribution is 2.22. The van der Waals surface area contributed by atoms with Crippen LogP contribution in [0, 0.1) is 0 Å². The number of carbonyl (C=O) groups excluding carboxylic acids is 1. The maximum Gasteiger partial charge on any atom is 0.325 e. The van der Waals surface area contributed by atoms with Gasteiger partial charge in [-0.3, -0.25) is 10.2 Å². The van der Waals surface area contributed by atoms with Gasteiger partial charge in [0.15, 0.2) is 5.13 Å². The number of urea groups is 1. The van der Waals surface area contributed by atoms with E-state index in [4.69, 9.17) is 17.3 Å². The van der Waals surface area contributed by atoms with Gasteiger partial charge < -0.3 is 11.1 Å². The highest BCUT2D eigenvalue weighted by molar-refractivity contribution is 7.13. The normalized spacial score (nSPS) is 14.8. The minimum Gasteiger partial charge on any atom is -0.326 e. The number of hydrogen-bond donors (Lipinski definition) is 3. The highest BCUT2D eigenvalue weighted by Gasteiger charge is 2.14. The van der Waals surface area contributed by atoms with Crippen molar-refractivity contribution < 1.29 is 4.79 Å². The largest absolute Gasteiger partial charge is 0.326 e. The molecule has 0 atom stereocenters. The van der Waals surface area contributed by atoms with Gasteiger partial charge in [-0.15, -0.1) is 11.3 Å². The van der Waals surface area contributed by atoms with E-state index >= 15 is 0 Å². The molecule has 1 aromatic heterocycles. The Balaban J connectivity index is 1.54. The van der Waals surface area contributed by atoms with E-state index in [2.05, 4.69) is 20.5 Å². The highest BCUT2D eigenvalue weighted by atomic mass is 35.5. The third kappa shape index (κ3) is 4.45. The van der Waals surface area contributed by atoms with Gasteiger partial charge in [0.1, 0.15) is 0 Å². The predicted molar refractivity (Wildman–Crippen MR) is 98.6 cm³/mol. The van der Waals surface area contributed by atoms with Gasteiger partial charge in [0, 0.05) is 29.2 Å². The van der Waals surface area contributed by atoms with Gasteiger partial charge in [0.05, 0.1) is 5.69 Å². The second kappa shape index (κ2) is 7.94. The zero-order valence-corrected chi connectivity index (χ0v) is 14.8. The summed E-state index contributed by atoms with van der Waals surface area (Å²) in [5.74, 6) is 0. The second-order valence-electron chi connectivity index (χ2n) is 5.72. The Morgan fingerprint density at radius 3 is 2.83 bits per heavy atom. The number of rotatable bonds is 5. The fourth-order valence-corrected chi connectivity index (χ4v) is 3.61. The average Bonchev–Trinajstić information content (AvgIpc) is 3.20. The van der Waals surface area contributed by atoms with Crippen LogP contribution in [0.25, 0.3) is 0 Å². The van der Waals surface area contributed by atoms with E-state index in [1.165, 1.54) is 24.2 Å². The van der Waals surface area contributed by atoms with Crippen LogP contribution >= 0.6 is 22.9 Å². The van der Waals surface area contributed by atoms with Crippen molar-refractivity contribution in [2.45, 2.75) is 25.9 Å². The molecule has 0 unspecified atom stereocenters. The van der Waals surface area contributed by atoms with Gasteiger partial charge in [0.2, 0.25) is 0 Å². The first-order valence-electron chi connectivity index (χ1n) is 7.87. The van der Waals surface area contributed by atoms with Gasteiger partial charge in [-0.2, -0.15) is 0 Å². The third-order valence-corrected chi connectivity index (χ3v) is 5.05. The fraction of sp³-hybridized carbons (Fsp3) is 0.375. The molecule has 2 heterocycles. The Bertz CT molecular complexity index is 714. The lowest BCUT2D eigenvalue weighted by molar-refractivity contribution is 0.262. The van der Waals surface area contributed by atoms with Crippen LogP contribution < -0.4 is 16.4 Å². The number of carbonyl (C=O) groups is 1. The summed E-state index contributed by atoms with van der Waals surface area (Å²) >= 11 is 7.52. The molecule has 0 aliphatic carbocycles. The van der Waals surface area contributed by atoms with Crippen molar-refractivity contribution in [1.29, 1.82) is 0 Å². The number of nitrogens with two attached hydrogens (primary N) is 1. The average molecular weight is 366 g/mol. The molecule has 3 rings (SSSR count). The summed E-state index contributed by atoms with van der Waals surface area (Å²) in [4.78, 5) is 18.9. The van der Waals surface area contributed by atoms with Crippen LogP contribution in [0.5, 0.6) is 0 Å². The van der Waals surface area contributed by atoms with Crippen molar-refractivity contribution in [2.75, 3.05) is 23.7 Å². The number of thiazole rings is 1. The Kier molecular flexibility index (Phi) is 5.68. The number of benzene rings is 1. The third-order valence-electron chi connectivity index (χ3n) is 3.89. The van der Waals surface area contributed by atoms with Crippen molar-refractivity contribution in [2.24, 2.45) is 5.73 Å². The van der Waals surface area contributed by atoms with Crippen molar-refractivity contribution >= 4 is 39.8 Å². The summed E-state index contributed by atoms with van der Waals surface area (Å²) in [6.07, 6.45) is 2.51. The van der Waals surface area contributed by atoms with Crippen molar-refractivity contribution in [3.8, 4) is 0 Å². The Hall–Kier alpha value is -1.67. The van der Waals surface area contributed by atoms with Crippen LogP contribution in [-0.4, -0.2) is 29.0 Å². The summed E-state index contributed by atoms with van der Waals surface area (Å²) in [5.41, 5.74) is 8.02. The fourth-order valence-electron chi connectivity index (χ4n) is 2.66. The zero-order chi connectivity index (χ0) is 16.9. The quantitative estimate of drug-likeness (QED) is 0.757. The molecule has 0 bridgehead atoms. The van der Waals surface area contributed by atoms with Gasteiger partial charge in [-0.25, -0.2) is 9.78 Å². The van der Waals surface area contributed by atoms with E-state index in [0.29, 0.717) is 22.4 Å². The molecule has 1 saturated heterocycles. The molecule has 128 valence electrons. The van der Waals surface area contributed by atoms with E-state index in [-0.39, 0.29) is 6.03 Å².